The SMILES string of the molecule is CCCCCCCCCCCCCCCCCCCC/C=C/CC/C=C/CC/C=C/C(O)C(COP(=O)([O-])OCC[N+](C)(C)C)NC(=O)CCCCCCCCCCCCCCCCCCCCCCCC. The second-order valence-corrected chi connectivity index (χ2v) is 24.2. The lowest BCUT2D eigenvalue weighted by Crippen LogP contribution is -2.45. The monoisotopic (exact) mass is 1030 g/mol. The topological polar surface area (TPSA) is 108 Å². The fourth-order valence-electron chi connectivity index (χ4n) is 9.42. The molecule has 0 aromatic carbocycles. The van der Waals surface area contributed by atoms with Crippen molar-refractivity contribution in [3.8, 4) is 0 Å². The van der Waals surface area contributed by atoms with Crippen LogP contribution in [0.5, 0.6) is 0 Å². The molecule has 0 spiro atoms. The van der Waals surface area contributed by atoms with E-state index in [1.807, 2.05) is 27.2 Å². The molecule has 0 bridgehead atoms. The lowest BCUT2D eigenvalue weighted by Gasteiger charge is -2.29. The van der Waals surface area contributed by atoms with Crippen LogP contribution in [0.25, 0.3) is 0 Å². The van der Waals surface area contributed by atoms with Crippen LogP contribution >= 0.6 is 7.82 Å². The van der Waals surface area contributed by atoms with Gasteiger partial charge in [-0.3, -0.25) is 9.36 Å². The fraction of sp³-hybridized carbons (Fsp3) is 0.889. The minimum Gasteiger partial charge on any atom is -0.756 e. The zero-order valence-electron chi connectivity index (χ0n) is 48.6. The number of rotatable bonds is 58. The molecule has 426 valence electrons. The molecule has 8 nitrogen and oxygen atoms in total. The van der Waals surface area contributed by atoms with Crippen molar-refractivity contribution < 1.29 is 32.9 Å². The van der Waals surface area contributed by atoms with Gasteiger partial charge in [0.15, 0.2) is 0 Å². The molecule has 0 fully saturated rings. The van der Waals surface area contributed by atoms with Crippen LogP contribution in [0.3, 0.4) is 0 Å². The van der Waals surface area contributed by atoms with E-state index in [9.17, 15) is 19.4 Å². The van der Waals surface area contributed by atoms with Crippen molar-refractivity contribution >= 4 is 13.7 Å². The summed E-state index contributed by atoms with van der Waals surface area (Å²) in [6.07, 6.45) is 71.0. The molecule has 0 aliphatic heterocycles. The van der Waals surface area contributed by atoms with E-state index >= 15 is 0 Å². The molecule has 0 rings (SSSR count). The number of nitrogens with one attached hydrogen (secondary N) is 1. The highest BCUT2D eigenvalue weighted by molar-refractivity contribution is 7.45. The summed E-state index contributed by atoms with van der Waals surface area (Å²) in [5, 5.41) is 13.9. The van der Waals surface area contributed by atoms with E-state index in [0.29, 0.717) is 17.4 Å². The van der Waals surface area contributed by atoms with E-state index in [1.54, 1.807) is 6.08 Å². The van der Waals surface area contributed by atoms with Crippen LogP contribution in [0.2, 0.25) is 0 Å². The minimum atomic E-state index is -4.61. The number of phosphoric acid groups is 1. The summed E-state index contributed by atoms with van der Waals surface area (Å²) in [6.45, 7) is 4.67. The van der Waals surface area contributed by atoms with Gasteiger partial charge in [-0.2, -0.15) is 0 Å². The van der Waals surface area contributed by atoms with E-state index < -0.39 is 26.6 Å². The van der Waals surface area contributed by atoms with Gasteiger partial charge < -0.3 is 28.8 Å². The number of carbonyl (C=O) groups is 1. The van der Waals surface area contributed by atoms with Gasteiger partial charge >= 0.3 is 0 Å². The van der Waals surface area contributed by atoms with E-state index in [1.165, 1.54) is 244 Å². The number of nitrogens with zero attached hydrogens (tertiary/aromatic N) is 1. The molecule has 0 aromatic heterocycles. The van der Waals surface area contributed by atoms with Crippen LogP contribution in [0, 0.1) is 0 Å². The van der Waals surface area contributed by atoms with Crippen LogP contribution in [-0.4, -0.2) is 68.5 Å². The van der Waals surface area contributed by atoms with Gasteiger partial charge in [-0.15, -0.1) is 0 Å². The Morgan fingerprint density at radius 3 is 1.12 bits per heavy atom. The highest BCUT2D eigenvalue weighted by atomic mass is 31.2. The number of amides is 1. The largest absolute Gasteiger partial charge is 0.756 e. The number of hydrogen-bond donors (Lipinski definition) is 2. The third kappa shape index (κ3) is 56.4. The van der Waals surface area contributed by atoms with Gasteiger partial charge in [-0.05, 0) is 44.9 Å². The summed E-state index contributed by atoms with van der Waals surface area (Å²) in [5.41, 5.74) is 0. The first-order chi connectivity index (χ1) is 35.0. The standard InChI is InChI=1S/C63H123N2O6P/c1-6-8-10-12-14-16-18-20-22-24-26-28-30-31-32-33-34-35-36-38-40-42-44-46-48-50-52-54-56-62(66)61(60-71-72(68,69)70-59-58-65(3,4)5)64-63(67)57-55-53-51-49-47-45-43-41-39-37-29-27-25-23-21-19-17-15-13-11-9-7-2/h38,40,46,48,54,56,61-62,66H,6-37,39,41-45,47,49-53,55,57-60H2,1-5H3,(H-,64,67,68,69)/b40-38+,48-46+,56-54+. The number of allylic oxidation sites excluding steroid dienone is 5. The quantitative estimate of drug-likeness (QED) is 0.0272. The predicted molar refractivity (Wildman–Crippen MR) is 311 cm³/mol. The van der Waals surface area contributed by atoms with Gasteiger partial charge in [-0.25, -0.2) is 0 Å². The van der Waals surface area contributed by atoms with Gasteiger partial charge in [0.2, 0.25) is 5.91 Å². The Morgan fingerprint density at radius 2 is 0.778 bits per heavy atom. The van der Waals surface area contributed by atoms with Crippen LogP contribution in [-0.2, 0) is 18.4 Å². The number of phosphoric ester groups is 1. The molecular formula is C63H123N2O6P. The number of quaternary nitrogens is 1. The number of carbonyl (C=O) groups excluding carboxylic acids is 1. The van der Waals surface area contributed by atoms with E-state index in [0.717, 1.165) is 44.9 Å². The smallest absolute Gasteiger partial charge is 0.268 e. The summed E-state index contributed by atoms with van der Waals surface area (Å²) in [5.74, 6) is -0.205. The third-order valence-corrected chi connectivity index (χ3v) is 15.3. The molecule has 0 saturated heterocycles. The Labute approximate surface area is 448 Å². The fourth-order valence-corrected chi connectivity index (χ4v) is 10.1. The van der Waals surface area contributed by atoms with Gasteiger partial charge in [0.1, 0.15) is 13.2 Å². The molecule has 0 saturated carbocycles. The first kappa shape index (κ1) is 70.7. The van der Waals surface area contributed by atoms with Crippen LogP contribution < -0.4 is 10.2 Å². The molecule has 72 heavy (non-hydrogen) atoms. The first-order valence-corrected chi connectivity index (χ1v) is 32.8. The third-order valence-electron chi connectivity index (χ3n) is 14.3. The van der Waals surface area contributed by atoms with Crippen molar-refractivity contribution in [2.45, 2.75) is 321 Å². The molecule has 9 heteroatoms. The maximum absolute atomic E-state index is 13.0. The highest BCUT2D eigenvalue weighted by Gasteiger charge is 2.23. The summed E-state index contributed by atoms with van der Waals surface area (Å²) in [7, 11) is 1.25. The number of aliphatic hydroxyl groups is 1. The second kappa shape index (κ2) is 54.5. The Bertz CT molecular complexity index is 1270. The molecule has 3 atom stereocenters. The number of likely N-dealkylation sites (N-methyl/N-ethyl adjacent to an activating group) is 1. The van der Waals surface area contributed by atoms with Crippen LogP contribution in [0.15, 0.2) is 36.5 Å². The van der Waals surface area contributed by atoms with Crippen LogP contribution in [0.4, 0.5) is 0 Å². The molecule has 0 heterocycles. The molecule has 1 amide bonds. The average Bonchev–Trinajstić information content (AvgIpc) is 3.34. The average molecular weight is 1040 g/mol. The van der Waals surface area contributed by atoms with Crippen molar-refractivity contribution in [1.82, 2.24) is 5.32 Å². The Hall–Kier alpha value is -1.28. The van der Waals surface area contributed by atoms with Crippen molar-refractivity contribution in [3.63, 3.8) is 0 Å². The first-order valence-electron chi connectivity index (χ1n) is 31.4. The van der Waals surface area contributed by atoms with Crippen molar-refractivity contribution in [2.24, 2.45) is 0 Å². The Balaban J connectivity index is 4.20. The summed E-state index contributed by atoms with van der Waals surface area (Å²) < 4.78 is 23.4. The molecule has 0 aromatic rings. The van der Waals surface area contributed by atoms with Gasteiger partial charge in [0, 0.05) is 6.42 Å². The van der Waals surface area contributed by atoms with Crippen molar-refractivity contribution in [1.29, 1.82) is 0 Å². The van der Waals surface area contributed by atoms with E-state index in [4.69, 9.17) is 9.05 Å². The second-order valence-electron chi connectivity index (χ2n) is 22.8. The zero-order valence-corrected chi connectivity index (χ0v) is 49.5. The lowest BCUT2D eigenvalue weighted by atomic mass is 10.0. The molecule has 3 unspecified atom stereocenters. The summed E-state index contributed by atoms with van der Waals surface area (Å²) >= 11 is 0. The van der Waals surface area contributed by atoms with Gasteiger partial charge in [-0.1, -0.05) is 294 Å². The summed E-state index contributed by atoms with van der Waals surface area (Å²) in [4.78, 5) is 25.5. The predicted octanol–water partition coefficient (Wildman–Crippen LogP) is 18.7. The van der Waals surface area contributed by atoms with Crippen LogP contribution in [0.1, 0.15) is 309 Å². The minimum absolute atomic E-state index is 0.00724. The number of unbranched alkanes of at least 4 members (excludes halogenated alkanes) is 41. The van der Waals surface area contributed by atoms with Gasteiger partial charge in [0.05, 0.1) is 39.9 Å². The van der Waals surface area contributed by atoms with E-state index in [-0.39, 0.29) is 12.5 Å². The number of aliphatic hydroxyl groups excluding tert-OH is 1. The van der Waals surface area contributed by atoms with Gasteiger partial charge in [0.25, 0.3) is 7.82 Å². The Kier molecular flexibility index (Phi) is 53.5. The molecular weight excluding hydrogens is 912 g/mol. The Morgan fingerprint density at radius 1 is 0.472 bits per heavy atom. The molecule has 0 aliphatic rings. The normalized spacial score (nSPS) is 14.0. The maximum atomic E-state index is 13.0. The highest BCUT2D eigenvalue weighted by Crippen LogP contribution is 2.38. The maximum Gasteiger partial charge on any atom is 0.268 e. The molecule has 0 aliphatic carbocycles. The van der Waals surface area contributed by atoms with E-state index in [2.05, 4.69) is 43.5 Å². The molecule has 0 radical (unpaired) electrons. The number of hydrogen-bond acceptors (Lipinski definition) is 6. The van der Waals surface area contributed by atoms with Crippen molar-refractivity contribution in [3.05, 3.63) is 36.5 Å². The molecule has 2 N–H and O–H groups in total. The summed E-state index contributed by atoms with van der Waals surface area (Å²) in [6, 6.07) is -0.908. The lowest BCUT2D eigenvalue weighted by molar-refractivity contribution is -0.870. The zero-order chi connectivity index (χ0) is 52.7. The van der Waals surface area contributed by atoms with Crippen molar-refractivity contribution in [2.75, 3.05) is 40.9 Å².